The smallest absolute Gasteiger partial charge is 0.203 e. The summed E-state index contributed by atoms with van der Waals surface area (Å²) in [5, 5.41) is 20.3. The SMILES string of the molecule is COc1ccc(CCC(O)c2cc(OC)c(OC)c(OC)c2)cc1O. The van der Waals surface area contributed by atoms with E-state index in [0.717, 1.165) is 5.56 Å². The van der Waals surface area contributed by atoms with Crippen LogP contribution < -0.4 is 18.9 Å². The van der Waals surface area contributed by atoms with E-state index >= 15 is 0 Å². The Hall–Kier alpha value is -2.60. The lowest BCUT2D eigenvalue weighted by molar-refractivity contribution is 0.166. The van der Waals surface area contributed by atoms with Crippen molar-refractivity contribution < 1.29 is 29.2 Å². The summed E-state index contributed by atoms with van der Waals surface area (Å²) in [6.45, 7) is 0. The summed E-state index contributed by atoms with van der Waals surface area (Å²) < 4.78 is 20.9. The maximum Gasteiger partial charge on any atom is 0.203 e. The Morgan fingerprint density at radius 2 is 1.44 bits per heavy atom. The molecular formula is C19H24O6. The summed E-state index contributed by atoms with van der Waals surface area (Å²) in [6.07, 6.45) is 0.359. The Morgan fingerprint density at radius 1 is 0.840 bits per heavy atom. The number of aliphatic hydroxyl groups excluding tert-OH is 1. The van der Waals surface area contributed by atoms with Crippen molar-refractivity contribution >= 4 is 0 Å². The van der Waals surface area contributed by atoms with Gasteiger partial charge in [0.05, 0.1) is 34.5 Å². The van der Waals surface area contributed by atoms with Gasteiger partial charge in [-0.2, -0.15) is 0 Å². The zero-order valence-electron chi connectivity index (χ0n) is 14.9. The first-order valence-electron chi connectivity index (χ1n) is 7.87. The Balaban J connectivity index is 2.15. The molecule has 2 aromatic rings. The number of aliphatic hydroxyl groups is 1. The summed E-state index contributed by atoms with van der Waals surface area (Å²) in [5.74, 6) is 1.99. The van der Waals surface area contributed by atoms with Crippen molar-refractivity contribution in [2.24, 2.45) is 0 Å². The summed E-state index contributed by atoms with van der Waals surface area (Å²) in [7, 11) is 6.11. The van der Waals surface area contributed by atoms with Gasteiger partial charge in [-0.25, -0.2) is 0 Å². The number of ether oxygens (including phenoxy) is 4. The third kappa shape index (κ3) is 4.28. The molecule has 0 aromatic heterocycles. The number of rotatable bonds is 8. The molecule has 0 aliphatic carbocycles. The van der Waals surface area contributed by atoms with Crippen molar-refractivity contribution in [2.45, 2.75) is 18.9 Å². The summed E-state index contributed by atoms with van der Waals surface area (Å²) in [5.41, 5.74) is 1.58. The van der Waals surface area contributed by atoms with Gasteiger partial charge in [0.1, 0.15) is 0 Å². The Labute approximate surface area is 147 Å². The monoisotopic (exact) mass is 348 g/mol. The van der Waals surface area contributed by atoms with Crippen molar-refractivity contribution in [3.05, 3.63) is 41.5 Å². The highest BCUT2D eigenvalue weighted by molar-refractivity contribution is 5.54. The molecule has 1 unspecified atom stereocenters. The maximum absolute atomic E-state index is 10.5. The van der Waals surface area contributed by atoms with E-state index in [1.807, 2.05) is 6.07 Å². The molecule has 2 N–H and O–H groups in total. The standard InChI is InChI=1S/C19H24O6/c1-22-16-8-6-12(9-15(16)21)5-7-14(20)13-10-17(23-2)19(25-4)18(11-13)24-3/h6,8-11,14,20-21H,5,7H2,1-4H3. The lowest BCUT2D eigenvalue weighted by atomic mass is 10.00. The summed E-state index contributed by atoms with van der Waals surface area (Å²) in [4.78, 5) is 0. The predicted molar refractivity (Wildman–Crippen MR) is 94.0 cm³/mol. The summed E-state index contributed by atoms with van der Waals surface area (Å²) in [6, 6.07) is 8.67. The topological polar surface area (TPSA) is 77.4 Å². The van der Waals surface area contributed by atoms with Crippen LogP contribution in [0.3, 0.4) is 0 Å². The quantitative estimate of drug-likeness (QED) is 0.763. The first-order valence-corrected chi connectivity index (χ1v) is 7.87. The molecule has 0 saturated heterocycles. The molecule has 6 nitrogen and oxygen atoms in total. The van der Waals surface area contributed by atoms with Crippen LogP contribution in [-0.2, 0) is 6.42 Å². The molecule has 0 aliphatic heterocycles. The molecule has 0 heterocycles. The van der Waals surface area contributed by atoms with E-state index in [9.17, 15) is 10.2 Å². The molecule has 0 amide bonds. The molecule has 0 saturated carbocycles. The van der Waals surface area contributed by atoms with Gasteiger partial charge in [0.25, 0.3) is 0 Å². The number of benzene rings is 2. The molecule has 0 radical (unpaired) electrons. The Kier molecular flexibility index (Phi) is 6.36. The van der Waals surface area contributed by atoms with E-state index < -0.39 is 6.10 Å². The average molecular weight is 348 g/mol. The van der Waals surface area contributed by atoms with Gasteiger partial charge in [-0.15, -0.1) is 0 Å². The van der Waals surface area contributed by atoms with Crippen LogP contribution in [0.2, 0.25) is 0 Å². The van der Waals surface area contributed by atoms with Gasteiger partial charge < -0.3 is 29.2 Å². The van der Waals surface area contributed by atoms with E-state index in [-0.39, 0.29) is 5.75 Å². The van der Waals surface area contributed by atoms with Gasteiger partial charge in [0.15, 0.2) is 23.0 Å². The second kappa shape index (κ2) is 8.48. The fraction of sp³-hybridized carbons (Fsp3) is 0.368. The van der Waals surface area contributed by atoms with Gasteiger partial charge in [-0.05, 0) is 48.2 Å². The van der Waals surface area contributed by atoms with Gasteiger partial charge >= 0.3 is 0 Å². The lowest BCUT2D eigenvalue weighted by Crippen LogP contribution is -2.03. The van der Waals surface area contributed by atoms with E-state index in [0.29, 0.717) is 41.4 Å². The van der Waals surface area contributed by atoms with Gasteiger partial charge in [0, 0.05) is 0 Å². The van der Waals surface area contributed by atoms with Crippen LogP contribution in [0.4, 0.5) is 0 Å². The zero-order chi connectivity index (χ0) is 18.4. The molecule has 2 aromatic carbocycles. The molecule has 0 aliphatic rings. The predicted octanol–water partition coefficient (Wildman–Crippen LogP) is 3.09. The van der Waals surface area contributed by atoms with Gasteiger partial charge in [-0.3, -0.25) is 0 Å². The van der Waals surface area contributed by atoms with Crippen molar-refractivity contribution in [2.75, 3.05) is 28.4 Å². The van der Waals surface area contributed by atoms with Gasteiger partial charge in [0.2, 0.25) is 5.75 Å². The minimum absolute atomic E-state index is 0.0854. The minimum Gasteiger partial charge on any atom is -0.504 e. The number of hydrogen-bond donors (Lipinski definition) is 2. The highest BCUT2D eigenvalue weighted by Gasteiger charge is 2.17. The van der Waals surface area contributed by atoms with Crippen molar-refractivity contribution in [1.82, 2.24) is 0 Å². The zero-order valence-corrected chi connectivity index (χ0v) is 14.9. The van der Waals surface area contributed by atoms with E-state index in [1.165, 1.54) is 28.4 Å². The first kappa shape index (κ1) is 18.7. The Bertz CT molecular complexity index is 688. The van der Waals surface area contributed by atoms with Crippen LogP contribution in [0.15, 0.2) is 30.3 Å². The van der Waals surface area contributed by atoms with Crippen LogP contribution >= 0.6 is 0 Å². The lowest BCUT2D eigenvalue weighted by Gasteiger charge is -2.17. The summed E-state index contributed by atoms with van der Waals surface area (Å²) >= 11 is 0. The van der Waals surface area contributed by atoms with Crippen LogP contribution in [0, 0.1) is 0 Å². The number of methoxy groups -OCH3 is 4. The van der Waals surface area contributed by atoms with Crippen molar-refractivity contribution in [3.63, 3.8) is 0 Å². The first-order chi connectivity index (χ1) is 12.0. The third-order valence-corrected chi connectivity index (χ3v) is 4.02. The largest absolute Gasteiger partial charge is 0.504 e. The van der Waals surface area contributed by atoms with Crippen LogP contribution in [0.1, 0.15) is 23.7 Å². The maximum atomic E-state index is 10.5. The van der Waals surface area contributed by atoms with Crippen LogP contribution in [0.25, 0.3) is 0 Å². The fourth-order valence-electron chi connectivity index (χ4n) is 2.65. The molecule has 25 heavy (non-hydrogen) atoms. The molecule has 2 rings (SSSR count). The number of aromatic hydroxyl groups is 1. The average Bonchev–Trinajstić information content (AvgIpc) is 2.64. The second-order valence-corrected chi connectivity index (χ2v) is 5.52. The molecule has 6 heteroatoms. The van der Waals surface area contributed by atoms with E-state index in [1.54, 1.807) is 24.3 Å². The number of aryl methyl sites for hydroxylation is 1. The molecule has 0 bridgehead atoms. The molecular weight excluding hydrogens is 324 g/mol. The van der Waals surface area contributed by atoms with Crippen LogP contribution in [-0.4, -0.2) is 38.7 Å². The van der Waals surface area contributed by atoms with Crippen LogP contribution in [0.5, 0.6) is 28.7 Å². The second-order valence-electron chi connectivity index (χ2n) is 5.52. The van der Waals surface area contributed by atoms with Crippen molar-refractivity contribution in [1.29, 1.82) is 0 Å². The minimum atomic E-state index is -0.710. The number of phenolic OH excluding ortho intramolecular Hbond substituents is 1. The molecule has 0 spiro atoms. The Morgan fingerprint density at radius 3 is 1.92 bits per heavy atom. The molecule has 0 fully saturated rings. The van der Waals surface area contributed by atoms with Crippen molar-refractivity contribution in [3.8, 4) is 28.7 Å². The molecule has 136 valence electrons. The normalized spacial score (nSPS) is 11.7. The number of phenols is 1. The highest BCUT2D eigenvalue weighted by atomic mass is 16.5. The van der Waals surface area contributed by atoms with Gasteiger partial charge in [-0.1, -0.05) is 6.07 Å². The fourth-order valence-corrected chi connectivity index (χ4v) is 2.65. The number of hydrogen-bond acceptors (Lipinski definition) is 6. The third-order valence-electron chi connectivity index (χ3n) is 4.02. The van der Waals surface area contributed by atoms with E-state index in [4.69, 9.17) is 18.9 Å². The molecule has 1 atom stereocenters. The van der Waals surface area contributed by atoms with E-state index in [2.05, 4.69) is 0 Å². The highest BCUT2D eigenvalue weighted by Crippen LogP contribution is 2.40.